The Labute approximate surface area is 136 Å². The highest BCUT2D eigenvalue weighted by Gasteiger charge is 2.15. The molecule has 2 N–H and O–H groups in total. The molecule has 0 bridgehead atoms. The van der Waals surface area contributed by atoms with Gasteiger partial charge in [-0.15, -0.1) is 0 Å². The molecule has 0 aliphatic carbocycles. The molecule has 0 unspecified atom stereocenters. The third-order valence-corrected chi connectivity index (χ3v) is 3.19. The minimum atomic E-state index is -1.65. The normalized spacial score (nSPS) is 10.3. The van der Waals surface area contributed by atoms with Crippen LogP contribution in [0.25, 0.3) is 0 Å². The van der Waals surface area contributed by atoms with Crippen molar-refractivity contribution in [3.63, 3.8) is 0 Å². The molecule has 4 nitrogen and oxygen atoms in total. The molecule has 126 valence electrons. The van der Waals surface area contributed by atoms with Gasteiger partial charge in [0, 0.05) is 13.0 Å². The maximum Gasteiger partial charge on any atom is 0.226 e. The molecule has 2 amide bonds. The summed E-state index contributed by atoms with van der Waals surface area (Å²) in [5, 5.41) is 4.69. The van der Waals surface area contributed by atoms with Gasteiger partial charge in [0.05, 0.1) is 12.1 Å². The molecule has 0 aromatic heterocycles. The second kappa shape index (κ2) is 8.14. The average molecular weight is 336 g/mol. The Balaban J connectivity index is 1.77. The molecule has 0 aliphatic rings. The van der Waals surface area contributed by atoms with Crippen LogP contribution in [-0.4, -0.2) is 18.4 Å². The Hall–Kier alpha value is -2.83. The lowest BCUT2D eigenvalue weighted by atomic mass is 10.1. The van der Waals surface area contributed by atoms with Crippen molar-refractivity contribution in [2.75, 3.05) is 11.9 Å². The van der Waals surface area contributed by atoms with Crippen LogP contribution >= 0.6 is 0 Å². The van der Waals surface area contributed by atoms with Crippen LogP contribution in [0.15, 0.2) is 42.5 Å². The summed E-state index contributed by atoms with van der Waals surface area (Å²) in [6, 6.07) is 10.7. The first-order chi connectivity index (χ1) is 11.5. The number of halogens is 3. The van der Waals surface area contributed by atoms with Gasteiger partial charge in [0.2, 0.25) is 11.8 Å². The number of rotatable bonds is 6. The van der Waals surface area contributed by atoms with Crippen LogP contribution in [0.4, 0.5) is 18.9 Å². The van der Waals surface area contributed by atoms with Crippen molar-refractivity contribution < 1.29 is 22.8 Å². The lowest BCUT2D eigenvalue weighted by Gasteiger charge is -2.08. The van der Waals surface area contributed by atoms with Crippen LogP contribution in [0.1, 0.15) is 12.0 Å². The number of hydrogen-bond acceptors (Lipinski definition) is 2. The fourth-order valence-electron chi connectivity index (χ4n) is 1.99. The fourth-order valence-corrected chi connectivity index (χ4v) is 1.99. The summed E-state index contributed by atoms with van der Waals surface area (Å²) in [6.07, 6.45) is 0.0548. The quantitative estimate of drug-likeness (QED) is 0.797. The van der Waals surface area contributed by atoms with Crippen molar-refractivity contribution in [3.05, 3.63) is 65.5 Å². The van der Waals surface area contributed by atoms with Crippen LogP contribution in [0, 0.1) is 17.5 Å². The van der Waals surface area contributed by atoms with Crippen molar-refractivity contribution in [2.45, 2.75) is 12.8 Å². The molecular weight excluding hydrogens is 321 g/mol. The predicted octanol–water partition coefficient (Wildman–Crippen LogP) is 2.79. The first-order valence-corrected chi connectivity index (χ1v) is 7.21. The molecule has 24 heavy (non-hydrogen) atoms. The van der Waals surface area contributed by atoms with Crippen LogP contribution in [0.5, 0.6) is 0 Å². The Bertz CT molecular complexity index is 736. The Morgan fingerprint density at radius 3 is 2.29 bits per heavy atom. The number of hydrogen-bond donors (Lipinski definition) is 2. The standard InChI is InChI=1S/C17H15F3N2O2/c18-12-6-7-13(17(20)16(12)19)22-14(23)8-9-21-15(24)10-11-4-2-1-3-5-11/h1-7H,8-10H2,(H,21,24)(H,22,23). The summed E-state index contributed by atoms with van der Waals surface area (Å²) in [4.78, 5) is 23.3. The molecule has 0 radical (unpaired) electrons. The topological polar surface area (TPSA) is 58.2 Å². The first kappa shape index (κ1) is 17.5. The van der Waals surface area contributed by atoms with Crippen LogP contribution in [0.2, 0.25) is 0 Å². The van der Waals surface area contributed by atoms with Gasteiger partial charge < -0.3 is 10.6 Å². The number of carbonyl (C=O) groups excluding carboxylic acids is 2. The molecule has 2 aromatic carbocycles. The van der Waals surface area contributed by atoms with Gasteiger partial charge in [-0.05, 0) is 17.7 Å². The zero-order valence-corrected chi connectivity index (χ0v) is 12.6. The Kier molecular flexibility index (Phi) is 5.95. The number of nitrogens with one attached hydrogen (secondary N) is 2. The summed E-state index contributed by atoms with van der Waals surface area (Å²) >= 11 is 0. The fraction of sp³-hybridized carbons (Fsp3) is 0.176. The van der Waals surface area contributed by atoms with E-state index in [2.05, 4.69) is 10.6 Å². The highest BCUT2D eigenvalue weighted by atomic mass is 19.2. The minimum absolute atomic E-state index is 0.0444. The lowest BCUT2D eigenvalue weighted by Crippen LogP contribution is -2.29. The van der Waals surface area contributed by atoms with E-state index < -0.39 is 29.0 Å². The minimum Gasteiger partial charge on any atom is -0.355 e. The van der Waals surface area contributed by atoms with Gasteiger partial charge in [-0.2, -0.15) is 0 Å². The number of carbonyl (C=O) groups is 2. The van der Waals surface area contributed by atoms with E-state index in [4.69, 9.17) is 0 Å². The molecule has 0 aliphatic heterocycles. The maximum absolute atomic E-state index is 13.4. The van der Waals surface area contributed by atoms with Gasteiger partial charge in [0.15, 0.2) is 17.5 Å². The number of benzene rings is 2. The highest BCUT2D eigenvalue weighted by molar-refractivity contribution is 5.91. The lowest BCUT2D eigenvalue weighted by molar-refractivity contribution is -0.120. The summed E-state index contributed by atoms with van der Waals surface area (Å²) < 4.78 is 39.3. The monoisotopic (exact) mass is 336 g/mol. The van der Waals surface area contributed by atoms with Crippen LogP contribution in [-0.2, 0) is 16.0 Å². The summed E-state index contributed by atoms with van der Waals surface area (Å²) in [5.41, 5.74) is 0.387. The van der Waals surface area contributed by atoms with E-state index in [1.54, 1.807) is 12.1 Å². The van der Waals surface area contributed by atoms with Gasteiger partial charge in [0.25, 0.3) is 0 Å². The van der Waals surface area contributed by atoms with E-state index in [0.29, 0.717) is 0 Å². The summed E-state index contributed by atoms with van der Waals surface area (Å²) in [6.45, 7) is 0.0444. The van der Waals surface area contributed by atoms with Crippen molar-refractivity contribution in [1.29, 1.82) is 0 Å². The Morgan fingerprint density at radius 2 is 1.58 bits per heavy atom. The second-order valence-corrected chi connectivity index (χ2v) is 5.03. The number of anilines is 1. The third kappa shape index (κ3) is 4.84. The van der Waals surface area contributed by atoms with Crippen LogP contribution in [0.3, 0.4) is 0 Å². The largest absolute Gasteiger partial charge is 0.355 e. The van der Waals surface area contributed by atoms with Crippen molar-refractivity contribution in [2.24, 2.45) is 0 Å². The third-order valence-electron chi connectivity index (χ3n) is 3.19. The molecule has 2 rings (SSSR count). The molecule has 2 aromatic rings. The highest BCUT2D eigenvalue weighted by Crippen LogP contribution is 2.19. The zero-order chi connectivity index (χ0) is 17.5. The van der Waals surface area contributed by atoms with Crippen molar-refractivity contribution in [3.8, 4) is 0 Å². The van der Waals surface area contributed by atoms with Gasteiger partial charge in [-0.3, -0.25) is 9.59 Å². The van der Waals surface area contributed by atoms with Gasteiger partial charge in [0.1, 0.15) is 0 Å². The molecule has 0 heterocycles. The SMILES string of the molecule is O=C(Cc1ccccc1)NCCC(=O)Nc1ccc(F)c(F)c1F. The van der Waals surface area contributed by atoms with E-state index in [1.165, 1.54) is 0 Å². The smallest absolute Gasteiger partial charge is 0.226 e. The van der Waals surface area contributed by atoms with E-state index in [-0.39, 0.29) is 25.3 Å². The number of amides is 2. The molecule has 7 heteroatoms. The van der Waals surface area contributed by atoms with E-state index in [9.17, 15) is 22.8 Å². The van der Waals surface area contributed by atoms with Crippen molar-refractivity contribution in [1.82, 2.24) is 5.32 Å². The molecule has 0 saturated carbocycles. The molecule has 0 atom stereocenters. The average Bonchev–Trinajstić information content (AvgIpc) is 2.56. The van der Waals surface area contributed by atoms with Gasteiger partial charge >= 0.3 is 0 Å². The predicted molar refractivity (Wildman–Crippen MR) is 82.7 cm³/mol. The Morgan fingerprint density at radius 1 is 0.875 bits per heavy atom. The van der Waals surface area contributed by atoms with Crippen LogP contribution < -0.4 is 10.6 Å². The van der Waals surface area contributed by atoms with Gasteiger partial charge in [-0.25, -0.2) is 13.2 Å². The first-order valence-electron chi connectivity index (χ1n) is 7.21. The van der Waals surface area contributed by atoms with E-state index in [1.807, 2.05) is 18.2 Å². The zero-order valence-electron chi connectivity index (χ0n) is 12.6. The van der Waals surface area contributed by atoms with Gasteiger partial charge in [-0.1, -0.05) is 30.3 Å². The second-order valence-electron chi connectivity index (χ2n) is 5.03. The summed E-state index contributed by atoms with van der Waals surface area (Å²) in [7, 11) is 0. The molecule has 0 saturated heterocycles. The van der Waals surface area contributed by atoms with E-state index >= 15 is 0 Å². The molecule has 0 fully saturated rings. The van der Waals surface area contributed by atoms with Crippen molar-refractivity contribution >= 4 is 17.5 Å². The summed E-state index contributed by atoms with van der Waals surface area (Å²) in [5.74, 6) is -5.33. The molecule has 0 spiro atoms. The maximum atomic E-state index is 13.4. The molecular formula is C17H15F3N2O2. The van der Waals surface area contributed by atoms with E-state index in [0.717, 1.165) is 17.7 Å².